The second-order valence-electron chi connectivity index (χ2n) is 4.81. The van der Waals surface area contributed by atoms with Crippen LogP contribution in [0, 0.1) is 11.3 Å². The molecule has 3 rings (SSSR count). The van der Waals surface area contributed by atoms with Gasteiger partial charge in [0.05, 0.1) is 21.7 Å². The van der Waals surface area contributed by atoms with Gasteiger partial charge in [-0.2, -0.15) is 5.26 Å². The Hall–Kier alpha value is -2.21. The average Bonchev–Trinajstić information content (AvgIpc) is 2.54. The van der Waals surface area contributed by atoms with E-state index in [-0.39, 0.29) is 0 Å². The first-order chi connectivity index (χ1) is 10.7. The van der Waals surface area contributed by atoms with Gasteiger partial charge >= 0.3 is 0 Å². The number of hydrogen-bond acceptors (Lipinski definition) is 2. The molecule has 0 aromatic heterocycles. The highest BCUT2D eigenvalue weighted by molar-refractivity contribution is 6.37. The van der Waals surface area contributed by atoms with Crippen LogP contribution in [0.3, 0.4) is 0 Å². The SMILES string of the molecule is N#Cc1cc(Cl)c(OCc2cccc3ccccc23)c(Cl)c1. The van der Waals surface area contributed by atoms with Crippen LogP contribution in [0.4, 0.5) is 0 Å². The van der Waals surface area contributed by atoms with Gasteiger partial charge < -0.3 is 4.74 Å². The summed E-state index contributed by atoms with van der Waals surface area (Å²) in [7, 11) is 0. The molecule has 0 heterocycles. The van der Waals surface area contributed by atoms with Gasteiger partial charge in [-0.1, -0.05) is 65.7 Å². The molecule has 0 spiro atoms. The van der Waals surface area contributed by atoms with Gasteiger partial charge in [0.15, 0.2) is 5.75 Å². The molecule has 0 unspecified atom stereocenters. The third kappa shape index (κ3) is 2.87. The summed E-state index contributed by atoms with van der Waals surface area (Å²) in [5, 5.41) is 11.9. The van der Waals surface area contributed by atoms with Crippen molar-refractivity contribution in [2.24, 2.45) is 0 Å². The van der Waals surface area contributed by atoms with Crippen LogP contribution in [0.25, 0.3) is 10.8 Å². The highest BCUT2D eigenvalue weighted by Crippen LogP contribution is 2.35. The number of benzene rings is 3. The molecule has 0 amide bonds. The molecule has 0 atom stereocenters. The molecule has 22 heavy (non-hydrogen) atoms. The van der Waals surface area contributed by atoms with Gasteiger partial charge in [0.2, 0.25) is 0 Å². The molecule has 3 aromatic rings. The average molecular weight is 328 g/mol. The van der Waals surface area contributed by atoms with Crippen LogP contribution in [-0.2, 0) is 6.61 Å². The first kappa shape index (κ1) is 14.7. The van der Waals surface area contributed by atoms with E-state index in [4.69, 9.17) is 33.2 Å². The largest absolute Gasteiger partial charge is 0.486 e. The van der Waals surface area contributed by atoms with Crippen molar-refractivity contribution in [3.63, 3.8) is 0 Å². The van der Waals surface area contributed by atoms with Crippen LogP contribution in [-0.4, -0.2) is 0 Å². The molecule has 0 N–H and O–H groups in total. The summed E-state index contributed by atoms with van der Waals surface area (Å²) < 4.78 is 5.79. The molecule has 0 radical (unpaired) electrons. The maximum atomic E-state index is 8.90. The summed E-state index contributed by atoms with van der Waals surface area (Å²) in [6.07, 6.45) is 0. The van der Waals surface area contributed by atoms with Gasteiger partial charge in [-0.05, 0) is 28.5 Å². The second kappa shape index (κ2) is 6.27. The van der Waals surface area contributed by atoms with Crippen molar-refractivity contribution in [3.05, 3.63) is 75.8 Å². The van der Waals surface area contributed by atoms with Gasteiger partial charge in [-0.25, -0.2) is 0 Å². The van der Waals surface area contributed by atoms with E-state index < -0.39 is 0 Å². The Balaban J connectivity index is 1.91. The molecular formula is C18H11Cl2NO. The van der Waals surface area contributed by atoms with Crippen LogP contribution in [0.1, 0.15) is 11.1 Å². The third-order valence-electron chi connectivity index (χ3n) is 3.38. The molecular weight excluding hydrogens is 317 g/mol. The fourth-order valence-electron chi connectivity index (χ4n) is 2.33. The summed E-state index contributed by atoms with van der Waals surface area (Å²) >= 11 is 12.3. The van der Waals surface area contributed by atoms with E-state index in [1.54, 1.807) is 12.1 Å². The molecule has 3 aromatic carbocycles. The van der Waals surface area contributed by atoms with Crippen molar-refractivity contribution in [1.29, 1.82) is 5.26 Å². The minimum absolute atomic E-state index is 0.337. The van der Waals surface area contributed by atoms with E-state index in [0.29, 0.717) is 28.0 Å². The number of fused-ring (bicyclic) bond motifs is 1. The number of nitrogens with zero attached hydrogens (tertiary/aromatic N) is 1. The van der Waals surface area contributed by atoms with Gasteiger partial charge in [-0.15, -0.1) is 0 Å². The van der Waals surface area contributed by atoms with E-state index in [0.717, 1.165) is 16.3 Å². The molecule has 0 aliphatic carbocycles. The normalized spacial score (nSPS) is 10.4. The van der Waals surface area contributed by atoms with E-state index in [1.807, 2.05) is 30.3 Å². The maximum absolute atomic E-state index is 8.90. The summed E-state index contributed by atoms with van der Waals surface area (Å²) in [4.78, 5) is 0. The monoisotopic (exact) mass is 327 g/mol. The second-order valence-corrected chi connectivity index (χ2v) is 5.62. The van der Waals surface area contributed by atoms with Gasteiger partial charge in [0.1, 0.15) is 6.61 Å². The summed E-state index contributed by atoms with van der Waals surface area (Å²) in [6.45, 7) is 0.354. The Morgan fingerprint density at radius 2 is 1.64 bits per heavy atom. The predicted octanol–water partition coefficient (Wildman–Crippen LogP) is 5.60. The summed E-state index contributed by atoms with van der Waals surface area (Å²) in [5.41, 5.74) is 1.46. The Kier molecular flexibility index (Phi) is 4.20. The van der Waals surface area contributed by atoms with Crippen molar-refractivity contribution in [1.82, 2.24) is 0 Å². The maximum Gasteiger partial charge on any atom is 0.157 e. The number of nitriles is 1. The molecule has 108 valence electrons. The summed E-state index contributed by atoms with van der Waals surface area (Å²) in [6, 6.07) is 19.3. The van der Waals surface area contributed by atoms with Crippen molar-refractivity contribution >= 4 is 34.0 Å². The van der Waals surface area contributed by atoms with Crippen LogP contribution < -0.4 is 4.74 Å². The third-order valence-corrected chi connectivity index (χ3v) is 3.94. The van der Waals surface area contributed by atoms with E-state index >= 15 is 0 Å². The number of rotatable bonds is 3. The lowest BCUT2D eigenvalue weighted by atomic mass is 10.1. The fraction of sp³-hybridized carbons (Fsp3) is 0.0556. The topological polar surface area (TPSA) is 33.0 Å². The quantitative estimate of drug-likeness (QED) is 0.627. The number of hydrogen-bond donors (Lipinski definition) is 0. The lowest BCUT2D eigenvalue weighted by Gasteiger charge is -2.12. The van der Waals surface area contributed by atoms with Crippen LogP contribution in [0.15, 0.2) is 54.6 Å². The molecule has 0 saturated carbocycles. The fourth-order valence-corrected chi connectivity index (χ4v) is 2.93. The van der Waals surface area contributed by atoms with E-state index in [9.17, 15) is 0 Å². The van der Waals surface area contributed by atoms with Gasteiger partial charge in [-0.3, -0.25) is 0 Å². The Labute approximate surface area is 138 Å². The first-order valence-corrected chi connectivity index (χ1v) is 7.43. The molecule has 2 nitrogen and oxygen atoms in total. The molecule has 0 aliphatic rings. The van der Waals surface area contributed by atoms with Crippen LogP contribution in [0.5, 0.6) is 5.75 Å². The van der Waals surface area contributed by atoms with Crippen molar-refractivity contribution < 1.29 is 4.74 Å². The van der Waals surface area contributed by atoms with Crippen LogP contribution in [0.2, 0.25) is 10.0 Å². The highest BCUT2D eigenvalue weighted by atomic mass is 35.5. The molecule has 0 bridgehead atoms. The Morgan fingerprint density at radius 3 is 2.36 bits per heavy atom. The summed E-state index contributed by atoms with van der Waals surface area (Å²) in [5.74, 6) is 0.398. The highest BCUT2D eigenvalue weighted by Gasteiger charge is 2.11. The minimum atomic E-state index is 0.337. The van der Waals surface area contributed by atoms with E-state index in [1.165, 1.54) is 0 Å². The van der Waals surface area contributed by atoms with Crippen molar-refractivity contribution in [2.45, 2.75) is 6.61 Å². The predicted molar refractivity (Wildman–Crippen MR) is 89.5 cm³/mol. The Morgan fingerprint density at radius 1 is 0.955 bits per heavy atom. The zero-order chi connectivity index (χ0) is 15.5. The smallest absolute Gasteiger partial charge is 0.157 e. The molecule has 0 aliphatic heterocycles. The number of halogens is 2. The zero-order valence-corrected chi connectivity index (χ0v) is 13.0. The first-order valence-electron chi connectivity index (χ1n) is 6.67. The zero-order valence-electron chi connectivity index (χ0n) is 11.5. The minimum Gasteiger partial charge on any atom is -0.486 e. The number of ether oxygens (including phenoxy) is 1. The molecule has 4 heteroatoms. The van der Waals surface area contributed by atoms with Gasteiger partial charge in [0.25, 0.3) is 0 Å². The van der Waals surface area contributed by atoms with Crippen LogP contribution >= 0.6 is 23.2 Å². The Bertz CT molecular complexity index is 855. The molecule has 0 fully saturated rings. The van der Waals surface area contributed by atoms with Crippen molar-refractivity contribution in [3.8, 4) is 11.8 Å². The lowest BCUT2D eigenvalue weighted by molar-refractivity contribution is 0.308. The van der Waals surface area contributed by atoms with Gasteiger partial charge in [0, 0.05) is 0 Å². The van der Waals surface area contributed by atoms with Crippen molar-refractivity contribution in [2.75, 3.05) is 0 Å². The van der Waals surface area contributed by atoms with E-state index in [2.05, 4.69) is 18.2 Å². The standard InChI is InChI=1S/C18H11Cl2NO/c19-16-8-12(10-21)9-17(20)18(16)22-11-14-6-3-5-13-4-1-2-7-15(13)14/h1-9H,11H2. The lowest BCUT2D eigenvalue weighted by Crippen LogP contribution is -1.98. The molecule has 0 saturated heterocycles.